The Morgan fingerprint density at radius 3 is 1.75 bits per heavy atom. The van der Waals surface area contributed by atoms with Crippen molar-refractivity contribution in [2.24, 2.45) is 0 Å². The van der Waals surface area contributed by atoms with Crippen LogP contribution in [0.1, 0.15) is 35.1 Å². The number of nitrogens with zero attached hydrogens (tertiary/aromatic N) is 2. The Balaban J connectivity index is 1.19. The highest BCUT2D eigenvalue weighted by molar-refractivity contribution is 8.00. The SMILES string of the molecule is C1=CC2=C(CC1)C1(c3ccc(-c4cc(-c5ccccc5)nc(-c5ccccc5)n4)cc32)c2ccc3ccccc3c2Sc2c1ccc1ccccc21. The first kappa shape index (κ1) is 29.7. The number of benzene rings is 7. The molecule has 0 atom stereocenters. The maximum Gasteiger partial charge on any atom is 0.160 e. The predicted octanol–water partition coefficient (Wildman–Crippen LogP) is 12.7. The van der Waals surface area contributed by atoms with E-state index in [1.54, 1.807) is 0 Å². The van der Waals surface area contributed by atoms with Crippen molar-refractivity contribution in [2.45, 2.75) is 28.0 Å². The number of hydrogen-bond acceptors (Lipinski definition) is 3. The number of rotatable bonds is 3. The fourth-order valence-corrected chi connectivity index (χ4v) is 10.4. The molecule has 0 saturated heterocycles. The minimum absolute atomic E-state index is 0.395. The minimum Gasteiger partial charge on any atom is -0.228 e. The van der Waals surface area contributed by atoms with Gasteiger partial charge < -0.3 is 0 Å². The van der Waals surface area contributed by atoms with Crippen LogP contribution in [-0.4, -0.2) is 9.97 Å². The highest BCUT2D eigenvalue weighted by Crippen LogP contribution is 2.64. The van der Waals surface area contributed by atoms with E-state index in [4.69, 9.17) is 9.97 Å². The van der Waals surface area contributed by atoms with Crippen LogP contribution in [-0.2, 0) is 5.41 Å². The number of hydrogen-bond donors (Lipinski definition) is 0. The first-order valence-corrected chi connectivity index (χ1v) is 18.9. The third-order valence-electron chi connectivity index (χ3n) is 11.2. The Kier molecular flexibility index (Phi) is 6.56. The Hall–Kier alpha value is -6.03. The van der Waals surface area contributed by atoms with Crippen molar-refractivity contribution in [1.82, 2.24) is 9.97 Å². The summed E-state index contributed by atoms with van der Waals surface area (Å²) in [4.78, 5) is 13.0. The Morgan fingerprint density at radius 1 is 0.500 bits per heavy atom. The molecule has 3 heteroatoms. The summed E-state index contributed by atoms with van der Waals surface area (Å²) in [6.45, 7) is 0. The Bertz CT molecular complexity index is 2670. The predicted molar refractivity (Wildman–Crippen MR) is 216 cm³/mol. The zero-order valence-corrected chi connectivity index (χ0v) is 29.2. The van der Waals surface area contributed by atoms with Crippen molar-refractivity contribution in [3.63, 3.8) is 0 Å². The fourth-order valence-electron chi connectivity index (χ4n) is 8.95. The van der Waals surface area contributed by atoms with E-state index in [1.165, 1.54) is 64.7 Å². The van der Waals surface area contributed by atoms with Gasteiger partial charge in [-0.2, -0.15) is 0 Å². The molecule has 0 N–H and O–H groups in total. The van der Waals surface area contributed by atoms with Gasteiger partial charge >= 0.3 is 0 Å². The van der Waals surface area contributed by atoms with E-state index in [2.05, 4.69) is 164 Å². The summed E-state index contributed by atoms with van der Waals surface area (Å²) in [7, 11) is 0. The van der Waals surface area contributed by atoms with Crippen LogP contribution < -0.4 is 0 Å². The third-order valence-corrected chi connectivity index (χ3v) is 12.5. The van der Waals surface area contributed by atoms with E-state index in [0.29, 0.717) is 0 Å². The highest BCUT2D eigenvalue weighted by Gasteiger charge is 2.52. The number of allylic oxidation sites excluding steroid dienone is 4. The summed E-state index contributed by atoms with van der Waals surface area (Å²) in [5.41, 5.74) is 13.0. The van der Waals surface area contributed by atoms with Gasteiger partial charge in [0.25, 0.3) is 0 Å². The quantitative estimate of drug-likeness (QED) is 0.186. The van der Waals surface area contributed by atoms with Crippen molar-refractivity contribution in [3.05, 3.63) is 198 Å². The first-order chi connectivity index (χ1) is 25.8. The smallest absolute Gasteiger partial charge is 0.160 e. The van der Waals surface area contributed by atoms with Crippen molar-refractivity contribution in [2.75, 3.05) is 0 Å². The summed E-state index contributed by atoms with van der Waals surface area (Å²) in [6, 6.07) is 57.4. The van der Waals surface area contributed by atoms with Gasteiger partial charge in [-0.15, -0.1) is 0 Å². The molecule has 8 aromatic rings. The van der Waals surface area contributed by atoms with Crippen molar-refractivity contribution < 1.29 is 0 Å². The number of fused-ring (bicyclic) bond motifs is 12. The van der Waals surface area contributed by atoms with Crippen LogP contribution in [0, 0.1) is 0 Å². The lowest BCUT2D eigenvalue weighted by atomic mass is 9.64. The maximum absolute atomic E-state index is 5.22. The normalized spacial score (nSPS) is 15.1. The lowest BCUT2D eigenvalue weighted by Crippen LogP contribution is -2.33. The number of aromatic nitrogens is 2. The summed E-state index contributed by atoms with van der Waals surface area (Å²) < 4.78 is 0. The lowest BCUT2D eigenvalue weighted by molar-refractivity contribution is 0.668. The van der Waals surface area contributed by atoms with E-state index in [1.807, 2.05) is 17.8 Å². The van der Waals surface area contributed by atoms with E-state index in [-0.39, 0.29) is 0 Å². The Morgan fingerprint density at radius 2 is 1.08 bits per heavy atom. The van der Waals surface area contributed by atoms with Crippen LogP contribution in [0.25, 0.3) is 61.0 Å². The molecule has 1 spiro atoms. The molecule has 3 aliphatic rings. The van der Waals surface area contributed by atoms with Crippen LogP contribution in [0.5, 0.6) is 0 Å². The van der Waals surface area contributed by atoms with Gasteiger partial charge in [0, 0.05) is 26.5 Å². The first-order valence-electron chi connectivity index (χ1n) is 18.0. The molecule has 0 fully saturated rings. The molecule has 7 aromatic carbocycles. The molecular weight excluding hydrogens is 649 g/mol. The molecule has 0 saturated carbocycles. The zero-order chi connectivity index (χ0) is 34.2. The van der Waals surface area contributed by atoms with Gasteiger partial charge in [0.1, 0.15) is 0 Å². The van der Waals surface area contributed by atoms with Gasteiger partial charge in [-0.25, -0.2) is 9.97 Å². The zero-order valence-electron chi connectivity index (χ0n) is 28.4. The van der Waals surface area contributed by atoms with E-state index < -0.39 is 5.41 Å². The van der Waals surface area contributed by atoms with Crippen molar-refractivity contribution in [1.29, 1.82) is 0 Å². The second-order valence-electron chi connectivity index (χ2n) is 14.0. The fraction of sp³-hybridized carbons (Fsp3) is 0.0612. The summed E-state index contributed by atoms with van der Waals surface area (Å²) in [5.74, 6) is 0.734. The van der Waals surface area contributed by atoms with Gasteiger partial charge in [-0.05, 0) is 79.9 Å². The molecule has 2 aliphatic carbocycles. The largest absolute Gasteiger partial charge is 0.228 e. The molecule has 0 bridgehead atoms. The standard InChI is InChI=1S/C49H32N2S/c1-3-15-33(16-4-1)44-30-45(51-48(50-44)34-17-5-2-6-18-34)35-25-26-41-39(29-35)38-21-11-12-22-40(38)49(41)42-27-23-31-13-7-9-19-36(31)46(42)52-47-37-20-10-8-14-32(37)24-28-43(47)49/h1-11,13-21,23-30H,12,22H2. The van der Waals surface area contributed by atoms with Crippen molar-refractivity contribution >= 4 is 38.9 Å². The Labute approximate surface area is 307 Å². The van der Waals surface area contributed by atoms with Crippen LogP contribution in [0.4, 0.5) is 0 Å². The average Bonchev–Trinajstić information content (AvgIpc) is 3.51. The second-order valence-corrected chi connectivity index (χ2v) is 15.0. The monoisotopic (exact) mass is 680 g/mol. The molecule has 0 unspecified atom stereocenters. The summed E-state index contributed by atoms with van der Waals surface area (Å²) in [5, 5.41) is 5.21. The van der Waals surface area contributed by atoms with Crippen LogP contribution >= 0.6 is 11.8 Å². The van der Waals surface area contributed by atoms with Gasteiger partial charge in [0.05, 0.1) is 16.8 Å². The molecule has 11 rings (SSSR count). The van der Waals surface area contributed by atoms with Crippen molar-refractivity contribution in [3.8, 4) is 33.9 Å². The third kappa shape index (κ3) is 4.26. The van der Waals surface area contributed by atoms with E-state index >= 15 is 0 Å². The topological polar surface area (TPSA) is 25.8 Å². The van der Waals surface area contributed by atoms with Gasteiger partial charge in [0.2, 0.25) is 0 Å². The lowest BCUT2D eigenvalue weighted by Gasteiger charge is -2.42. The molecule has 244 valence electrons. The molecule has 1 aliphatic heterocycles. The molecule has 0 radical (unpaired) electrons. The molecule has 0 amide bonds. The summed E-state index contributed by atoms with van der Waals surface area (Å²) >= 11 is 1.96. The van der Waals surface area contributed by atoms with E-state index in [0.717, 1.165) is 46.7 Å². The van der Waals surface area contributed by atoms with Crippen LogP contribution in [0.15, 0.2) is 185 Å². The van der Waals surface area contributed by atoms with E-state index in [9.17, 15) is 0 Å². The second kappa shape index (κ2) is 11.5. The van der Waals surface area contributed by atoms with Gasteiger partial charge in [-0.1, -0.05) is 170 Å². The average molecular weight is 681 g/mol. The highest BCUT2D eigenvalue weighted by atomic mass is 32.2. The maximum atomic E-state index is 5.22. The van der Waals surface area contributed by atoms with Gasteiger partial charge in [-0.3, -0.25) is 0 Å². The molecule has 2 heterocycles. The van der Waals surface area contributed by atoms with Crippen LogP contribution in [0.3, 0.4) is 0 Å². The minimum atomic E-state index is -0.395. The van der Waals surface area contributed by atoms with Gasteiger partial charge in [0.15, 0.2) is 5.82 Å². The molecular formula is C49H32N2S. The molecule has 52 heavy (non-hydrogen) atoms. The molecule has 1 aromatic heterocycles. The molecule has 2 nitrogen and oxygen atoms in total. The van der Waals surface area contributed by atoms with Crippen LogP contribution in [0.2, 0.25) is 0 Å². The summed E-state index contributed by atoms with van der Waals surface area (Å²) in [6.07, 6.45) is 6.81.